The van der Waals surface area contributed by atoms with Crippen molar-refractivity contribution in [3.05, 3.63) is 66.2 Å². The van der Waals surface area contributed by atoms with E-state index in [1.54, 1.807) is 6.92 Å². The second-order valence-electron chi connectivity index (χ2n) is 7.38. The Morgan fingerprint density at radius 2 is 1.62 bits per heavy atom. The molecule has 0 aromatic heterocycles. The molecule has 0 fully saturated rings. The lowest BCUT2D eigenvalue weighted by Gasteiger charge is -2.14. The Morgan fingerprint density at radius 3 is 2.28 bits per heavy atom. The Morgan fingerprint density at radius 1 is 0.966 bits per heavy atom. The topological polar surface area (TPSA) is 46.5 Å². The highest BCUT2D eigenvalue weighted by molar-refractivity contribution is 6.00. The summed E-state index contributed by atoms with van der Waals surface area (Å²) in [5.74, 6) is -0.403. The van der Waals surface area contributed by atoms with Crippen molar-refractivity contribution in [1.29, 1.82) is 0 Å². The molecule has 0 bridgehead atoms. The molecule has 0 atom stereocenters. The summed E-state index contributed by atoms with van der Waals surface area (Å²) in [5, 5.41) is 10.8. The molecule has 2 rings (SSSR count). The van der Waals surface area contributed by atoms with Crippen LogP contribution in [0.25, 0.3) is 11.1 Å². The lowest BCUT2D eigenvalue weighted by molar-refractivity contribution is 0.0524. The molecule has 0 saturated carbocycles. The van der Waals surface area contributed by atoms with Crippen LogP contribution >= 0.6 is 0 Å². The first kappa shape index (κ1) is 22.7. The predicted molar refractivity (Wildman–Crippen MR) is 120 cm³/mol. The lowest BCUT2D eigenvalue weighted by atomic mass is 9.94. The Balaban J connectivity index is 1.99. The molecule has 0 radical (unpaired) electrons. The monoisotopic (exact) mass is 394 g/mol. The largest absolute Gasteiger partial charge is 0.507 e. The summed E-state index contributed by atoms with van der Waals surface area (Å²) in [6, 6.07) is 13.5. The van der Waals surface area contributed by atoms with Crippen LogP contribution in [0.15, 0.2) is 55.1 Å². The van der Waals surface area contributed by atoms with Crippen molar-refractivity contribution in [2.45, 2.75) is 64.7 Å². The van der Waals surface area contributed by atoms with Crippen LogP contribution < -0.4 is 0 Å². The zero-order valence-electron chi connectivity index (χ0n) is 17.7. The van der Waals surface area contributed by atoms with E-state index in [2.05, 4.69) is 6.58 Å². The highest BCUT2D eigenvalue weighted by atomic mass is 16.5. The fourth-order valence-electron chi connectivity index (χ4n) is 3.59. The summed E-state index contributed by atoms with van der Waals surface area (Å²) in [6.45, 7) is 5.81. The number of aromatic hydroxyl groups is 1. The first-order valence-corrected chi connectivity index (χ1v) is 10.9. The first-order chi connectivity index (χ1) is 14.2. The van der Waals surface area contributed by atoms with Gasteiger partial charge in [-0.25, -0.2) is 4.79 Å². The normalized spacial score (nSPS) is 10.7. The van der Waals surface area contributed by atoms with Gasteiger partial charge in [-0.05, 0) is 49.3 Å². The molecule has 1 N–H and O–H groups in total. The Kier molecular flexibility index (Phi) is 10.1. The van der Waals surface area contributed by atoms with Gasteiger partial charge in [-0.1, -0.05) is 80.6 Å². The van der Waals surface area contributed by atoms with E-state index >= 15 is 0 Å². The van der Waals surface area contributed by atoms with Crippen molar-refractivity contribution in [2.75, 3.05) is 6.61 Å². The molecular weight excluding hydrogens is 360 g/mol. The molecule has 0 aliphatic carbocycles. The van der Waals surface area contributed by atoms with E-state index < -0.39 is 5.97 Å². The third-order valence-corrected chi connectivity index (χ3v) is 5.18. The Labute approximate surface area is 175 Å². The average molecular weight is 395 g/mol. The quantitative estimate of drug-likeness (QED) is 0.224. The summed E-state index contributed by atoms with van der Waals surface area (Å²) in [7, 11) is 0. The van der Waals surface area contributed by atoms with Gasteiger partial charge in [0, 0.05) is 0 Å². The van der Waals surface area contributed by atoms with Gasteiger partial charge < -0.3 is 9.84 Å². The molecule has 0 spiro atoms. The third-order valence-electron chi connectivity index (χ3n) is 5.18. The van der Waals surface area contributed by atoms with Crippen LogP contribution in [-0.4, -0.2) is 17.7 Å². The van der Waals surface area contributed by atoms with Gasteiger partial charge in [0.25, 0.3) is 0 Å². The van der Waals surface area contributed by atoms with Gasteiger partial charge in [0.15, 0.2) is 0 Å². The highest BCUT2D eigenvalue weighted by Crippen LogP contribution is 2.34. The first-order valence-electron chi connectivity index (χ1n) is 10.9. The van der Waals surface area contributed by atoms with Crippen molar-refractivity contribution < 1.29 is 14.6 Å². The zero-order chi connectivity index (χ0) is 20.9. The number of unbranched alkanes of at least 4 members (excludes halogenated alkanes) is 7. The van der Waals surface area contributed by atoms with Crippen molar-refractivity contribution in [3.8, 4) is 16.9 Å². The average Bonchev–Trinajstić information content (AvgIpc) is 2.74. The molecule has 2 aromatic carbocycles. The van der Waals surface area contributed by atoms with Crippen LogP contribution in [0.5, 0.6) is 5.75 Å². The molecule has 3 heteroatoms. The predicted octanol–water partition coefficient (Wildman–Crippen LogP) is 7.09. The summed E-state index contributed by atoms with van der Waals surface area (Å²) in [5.41, 5.74) is 2.70. The Bertz CT molecular complexity index is 765. The molecule has 0 unspecified atom stereocenters. The second kappa shape index (κ2) is 12.8. The maximum atomic E-state index is 12.5. The van der Waals surface area contributed by atoms with E-state index in [-0.39, 0.29) is 17.9 Å². The van der Waals surface area contributed by atoms with Gasteiger partial charge in [0.1, 0.15) is 11.3 Å². The SMILES string of the molecule is C=CCCCCCCCCCc1ccc(-c2ccccc2)c(C(=O)OCC)c1O. The van der Waals surface area contributed by atoms with Gasteiger partial charge in [-0.15, -0.1) is 6.58 Å². The second-order valence-corrected chi connectivity index (χ2v) is 7.38. The van der Waals surface area contributed by atoms with E-state index in [0.717, 1.165) is 36.8 Å². The Hall–Kier alpha value is -2.55. The molecule has 0 amide bonds. The number of ether oxygens (including phenoxy) is 1. The number of phenolic OH excluding ortho intramolecular Hbond substituents is 1. The van der Waals surface area contributed by atoms with Gasteiger partial charge in [0.2, 0.25) is 0 Å². The van der Waals surface area contributed by atoms with E-state index in [4.69, 9.17) is 4.74 Å². The van der Waals surface area contributed by atoms with Crippen LogP contribution in [0.1, 0.15) is 74.2 Å². The molecule has 29 heavy (non-hydrogen) atoms. The van der Waals surface area contributed by atoms with Crippen LogP contribution in [0, 0.1) is 0 Å². The number of esters is 1. The number of benzene rings is 2. The van der Waals surface area contributed by atoms with Crippen LogP contribution in [0.2, 0.25) is 0 Å². The summed E-state index contributed by atoms with van der Waals surface area (Å²) in [6.07, 6.45) is 12.3. The molecule has 156 valence electrons. The summed E-state index contributed by atoms with van der Waals surface area (Å²) >= 11 is 0. The van der Waals surface area contributed by atoms with E-state index in [0.29, 0.717) is 5.56 Å². The van der Waals surface area contributed by atoms with Crippen LogP contribution in [0.4, 0.5) is 0 Å². The van der Waals surface area contributed by atoms with Gasteiger partial charge >= 0.3 is 5.97 Å². The molecule has 0 aliphatic heterocycles. The maximum Gasteiger partial charge on any atom is 0.342 e. The number of aryl methyl sites for hydroxylation is 1. The molecular formula is C26H34O3. The van der Waals surface area contributed by atoms with Crippen LogP contribution in [0.3, 0.4) is 0 Å². The number of rotatable bonds is 13. The maximum absolute atomic E-state index is 12.5. The number of hydrogen-bond acceptors (Lipinski definition) is 3. The molecule has 0 heterocycles. The molecule has 3 nitrogen and oxygen atoms in total. The lowest BCUT2D eigenvalue weighted by Crippen LogP contribution is -2.08. The van der Waals surface area contributed by atoms with E-state index in [1.165, 1.54) is 32.1 Å². The fraction of sp³-hybridized carbons (Fsp3) is 0.423. The summed E-state index contributed by atoms with van der Waals surface area (Å²) in [4.78, 5) is 12.5. The number of hydrogen-bond donors (Lipinski definition) is 1. The smallest absolute Gasteiger partial charge is 0.342 e. The standard InChI is InChI=1S/C26H34O3/c1-3-5-6-7-8-9-10-11-13-18-22-19-20-23(21-16-14-12-15-17-21)24(25(22)27)26(28)29-4-2/h3,12,14-17,19-20,27H,1,4-11,13,18H2,2H3. The van der Waals surface area contributed by atoms with E-state index in [9.17, 15) is 9.90 Å². The number of allylic oxidation sites excluding steroid dienone is 1. The van der Waals surface area contributed by atoms with Gasteiger partial charge in [0.05, 0.1) is 6.61 Å². The van der Waals surface area contributed by atoms with Crippen molar-refractivity contribution >= 4 is 5.97 Å². The minimum Gasteiger partial charge on any atom is -0.507 e. The molecule has 0 aliphatic rings. The minimum absolute atomic E-state index is 0.0641. The third kappa shape index (κ3) is 7.08. The van der Waals surface area contributed by atoms with Gasteiger partial charge in [-0.2, -0.15) is 0 Å². The van der Waals surface area contributed by atoms with Gasteiger partial charge in [-0.3, -0.25) is 0 Å². The molecule has 0 saturated heterocycles. The number of carbonyl (C=O) groups is 1. The molecule has 2 aromatic rings. The summed E-state index contributed by atoms with van der Waals surface area (Å²) < 4.78 is 5.22. The zero-order valence-corrected chi connectivity index (χ0v) is 17.7. The fourth-order valence-corrected chi connectivity index (χ4v) is 3.59. The van der Waals surface area contributed by atoms with Crippen molar-refractivity contribution in [3.63, 3.8) is 0 Å². The highest BCUT2D eigenvalue weighted by Gasteiger charge is 2.21. The van der Waals surface area contributed by atoms with Crippen LogP contribution in [-0.2, 0) is 11.2 Å². The minimum atomic E-state index is -0.467. The van der Waals surface area contributed by atoms with Crippen molar-refractivity contribution in [2.24, 2.45) is 0 Å². The van der Waals surface area contributed by atoms with E-state index in [1.807, 2.05) is 48.5 Å². The number of phenols is 1. The number of carbonyl (C=O) groups excluding carboxylic acids is 1. The van der Waals surface area contributed by atoms with Crippen molar-refractivity contribution in [1.82, 2.24) is 0 Å².